The number of rotatable bonds is 9. The van der Waals surface area contributed by atoms with Gasteiger partial charge < -0.3 is 5.32 Å². The molecular weight excluding hydrogens is 626 g/mol. The molecule has 0 aliphatic rings. The Labute approximate surface area is 246 Å². The van der Waals surface area contributed by atoms with E-state index < -0.39 is 32.5 Å². The Hall–Kier alpha value is -4.19. The Kier molecular flexibility index (Phi) is 8.11. The standard InChI is InChI=1S/C30H24BrN3O5S2/c31-23-13-17-25(18-14-23)34(41(38,39)27-9-2-1-3-10-27)21-30(35)32-24-15-19-26(20-16-24)40(36,37)33-29-12-6-8-22-7-4-5-11-28(22)29/h1-20,33H,21H2,(H,32,35). The second kappa shape index (κ2) is 11.7. The van der Waals surface area contributed by atoms with Crippen LogP contribution >= 0.6 is 15.9 Å². The summed E-state index contributed by atoms with van der Waals surface area (Å²) in [6.07, 6.45) is 0. The molecule has 41 heavy (non-hydrogen) atoms. The van der Waals surface area contributed by atoms with E-state index in [1.165, 1.54) is 36.4 Å². The van der Waals surface area contributed by atoms with Gasteiger partial charge in [0.2, 0.25) is 5.91 Å². The van der Waals surface area contributed by atoms with Crippen LogP contribution in [0.1, 0.15) is 0 Å². The molecule has 1 amide bonds. The largest absolute Gasteiger partial charge is 0.325 e. The van der Waals surface area contributed by atoms with Crippen LogP contribution in [-0.2, 0) is 24.8 Å². The van der Waals surface area contributed by atoms with Gasteiger partial charge in [-0.3, -0.25) is 13.8 Å². The molecule has 0 fully saturated rings. The van der Waals surface area contributed by atoms with Gasteiger partial charge in [-0.1, -0.05) is 70.5 Å². The van der Waals surface area contributed by atoms with Crippen molar-refractivity contribution in [2.24, 2.45) is 0 Å². The molecule has 208 valence electrons. The maximum Gasteiger partial charge on any atom is 0.264 e. The van der Waals surface area contributed by atoms with Crippen molar-refractivity contribution in [2.45, 2.75) is 9.79 Å². The van der Waals surface area contributed by atoms with Gasteiger partial charge in [0.05, 0.1) is 21.2 Å². The summed E-state index contributed by atoms with van der Waals surface area (Å²) < 4.78 is 57.5. The lowest BCUT2D eigenvalue weighted by atomic mass is 10.1. The highest BCUT2D eigenvalue weighted by molar-refractivity contribution is 9.10. The summed E-state index contributed by atoms with van der Waals surface area (Å²) in [7, 11) is -7.97. The average Bonchev–Trinajstić information content (AvgIpc) is 2.97. The summed E-state index contributed by atoms with van der Waals surface area (Å²) in [5.74, 6) is -0.600. The van der Waals surface area contributed by atoms with Gasteiger partial charge >= 0.3 is 0 Å². The lowest BCUT2D eigenvalue weighted by Crippen LogP contribution is -2.38. The molecule has 5 aromatic carbocycles. The molecule has 0 aliphatic carbocycles. The topological polar surface area (TPSA) is 113 Å². The third kappa shape index (κ3) is 6.43. The smallest absolute Gasteiger partial charge is 0.264 e. The zero-order valence-corrected chi connectivity index (χ0v) is 24.7. The first-order chi connectivity index (χ1) is 19.6. The highest BCUT2D eigenvalue weighted by Crippen LogP contribution is 2.27. The molecule has 2 N–H and O–H groups in total. The van der Waals surface area contributed by atoms with Crippen molar-refractivity contribution >= 4 is 69.7 Å². The summed E-state index contributed by atoms with van der Waals surface area (Å²) in [4.78, 5) is 13.1. The predicted molar refractivity (Wildman–Crippen MR) is 165 cm³/mol. The Balaban J connectivity index is 1.34. The molecule has 0 radical (unpaired) electrons. The lowest BCUT2D eigenvalue weighted by molar-refractivity contribution is -0.114. The summed E-state index contributed by atoms with van der Waals surface area (Å²) in [6, 6.07) is 32.9. The number of sulfonamides is 2. The van der Waals surface area contributed by atoms with Crippen molar-refractivity contribution in [1.82, 2.24) is 0 Å². The minimum atomic E-state index is -4.06. The van der Waals surface area contributed by atoms with Crippen molar-refractivity contribution in [1.29, 1.82) is 0 Å². The number of nitrogens with one attached hydrogen (secondary N) is 2. The molecule has 0 unspecified atom stereocenters. The lowest BCUT2D eigenvalue weighted by Gasteiger charge is -2.24. The van der Waals surface area contributed by atoms with Crippen molar-refractivity contribution in [3.63, 3.8) is 0 Å². The maximum absolute atomic E-state index is 13.5. The quantitative estimate of drug-likeness (QED) is 0.196. The maximum atomic E-state index is 13.5. The van der Waals surface area contributed by atoms with Crippen molar-refractivity contribution in [3.05, 3.63) is 126 Å². The molecular formula is C30H24BrN3O5S2. The second-order valence-electron chi connectivity index (χ2n) is 9.01. The molecule has 0 saturated heterocycles. The summed E-state index contributed by atoms with van der Waals surface area (Å²) in [5, 5.41) is 4.33. The molecule has 5 rings (SSSR count). The van der Waals surface area contributed by atoms with E-state index in [1.807, 2.05) is 30.3 Å². The minimum absolute atomic E-state index is 0.00609. The van der Waals surface area contributed by atoms with Crippen molar-refractivity contribution in [2.75, 3.05) is 20.9 Å². The number of hydrogen-bond donors (Lipinski definition) is 2. The normalized spacial score (nSPS) is 11.6. The Morgan fingerprint density at radius 2 is 1.32 bits per heavy atom. The van der Waals surface area contributed by atoms with Gasteiger partial charge in [-0.15, -0.1) is 0 Å². The van der Waals surface area contributed by atoms with Crippen molar-refractivity contribution < 1.29 is 21.6 Å². The molecule has 0 atom stereocenters. The van der Waals surface area contributed by atoms with Gasteiger partial charge in [0.15, 0.2) is 0 Å². The average molecular weight is 651 g/mol. The number of fused-ring (bicyclic) bond motifs is 1. The fraction of sp³-hybridized carbons (Fsp3) is 0.0333. The third-order valence-electron chi connectivity index (χ3n) is 6.22. The number of benzene rings is 5. The monoisotopic (exact) mass is 649 g/mol. The van der Waals surface area contributed by atoms with Crippen LogP contribution in [0.25, 0.3) is 10.8 Å². The first-order valence-electron chi connectivity index (χ1n) is 12.4. The predicted octanol–water partition coefficient (Wildman–Crippen LogP) is 6.24. The number of carbonyl (C=O) groups is 1. The van der Waals surface area contributed by atoms with Gasteiger partial charge in [-0.25, -0.2) is 16.8 Å². The van der Waals surface area contributed by atoms with Gasteiger partial charge in [0, 0.05) is 15.5 Å². The van der Waals surface area contributed by atoms with Crippen LogP contribution < -0.4 is 14.3 Å². The Bertz CT molecular complexity index is 1910. The summed E-state index contributed by atoms with van der Waals surface area (Å²) in [6.45, 7) is -0.498. The van der Waals surface area contributed by atoms with Crippen LogP contribution in [0.5, 0.6) is 0 Å². The third-order valence-corrected chi connectivity index (χ3v) is 9.91. The number of halogens is 1. The highest BCUT2D eigenvalue weighted by atomic mass is 79.9. The fourth-order valence-corrected chi connectivity index (χ4v) is 6.99. The van der Waals surface area contributed by atoms with E-state index in [1.54, 1.807) is 54.6 Å². The van der Waals surface area contributed by atoms with E-state index in [9.17, 15) is 21.6 Å². The van der Waals surface area contributed by atoms with Crippen LogP contribution in [0.4, 0.5) is 17.1 Å². The zero-order chi connectivity index (χ0) is 29.0. The first-order valence-corrected chi connectivity index (χ1v) is 16.1. The Morgan fingerprint density at radius 1 is 0.683 bits per heavy atom. The first kappa shape index (κ1) is 28.3. The van der Waals surface area contributed by atoms with Crippen LogP contribution in [0, 0.1) is 0 Å². The van der Waals surface area contributed by atoms with E-state index in [-0.39, 0.29) is 9.79 Å². The molecule has 0 aliphatic heterocycles. The number of anilines is 3. The summed E-state index contributed by atoms with van der Waals surface area (Å²) in [5.41, 5.74) is 1.08. The molecule has 0 heterocycles. The van der Waals surface area contributed by atoms with Crippen molar-refractivity contribution in [3.8, 4) is 0 Å². The van der Waals surface area contributed by atoms with Gasteiger partial charge in [0.25, 0.3) is 20.0 Å². The van der Waals surface area contributed by atoms with E-state index in [2.05, 4.69) is 26.0 Å². The molecule has 11 heteroatoms. The van der Waals surface area contributed by atoms with E-state index in [0.717, 1.165) is 19.6 Å². The van der Waals surface area contributed by atoms with Crippen LogP contribution in [-0.4, -0.2) is 29.3 Å². The number of carbonyl (C=O) groups excluding carboxylic acids is 1. The summed E-state index contributed by atoms with van der Waals surface area (Å²) >= 11 is 3.34. The SMILES string of the molecule is O=C(CN(c1ccc(Br)cc1)S(=O)(=O)c1ccccc1)Nc1ccc(S(=O)(=O)Nc2cccc3ccccc23)cc1. The fourth-order valence-electron chi connectivity index (χ4n) is 4.21. The van der Waals surface area contributed by atoms with Crippen LogP contribution in [0.2, 0.25) is 0 Å². The molecule has 0 spiro atoms. The van der Waals surface area contributed by atoms with Gasteiger partial charge in [-0.05, 0) is 72.1 Å². The molecule has 0 bridgehead atoms. The van der Waals surface area contributed by atoms with E-state index in [4.69, 9.17) is 0 Å². The van der Waals surface area contributed by atoms with E-state index in [0.29, 0.717) is 17.1 Å². The van der Waals surface area contributed by atoms with Gasteiger partial charge in [0.1, 0.15) is 6.54 Å². The van der Waals surface area contributed by atoms with E-state index >= 15 is 0 Å². The molecule has 0 aromatic heterocycles. The molecule has 0 saturated carbocycles. The van der Waals surface area contributed by atoms with Crippen LogP contribution in [0.3, 0.4) is 0 Å². The van der Waals surface area contributed by atoms with Gasteiger partial charge in [-0.2, -0.15) is 0 Å². The Morgan fingerprint density at radius 3 is 2.02 bits per heavy atom. The second-order valence-corrected chi connectivity index (χ2v) is 13.5. The zero-order valence-electron chi connectivity index (χ0n) is 21.4. The minimum Gasteiger partial charge on any atom is -0.325 e. The molecule has 8 nitrogen and oxygen atoms in total. The number of hydrogen-bond acceptors (Lipinski definition) is 5. The number of amides is 1. The highest BCUT2D eigenvalue weighted by Gasteiger charge is 2.27. The molecule has 5 aromatic rings. The van der Waals surface area contributed by atoms with Crippen LogP contribution in [0.15, 0.2) is 136 Å². The number of nitrogens with zero attached hydrogens (tertiary/aromatic N) is 1.